The summed E-state index contributed by atoms with van der Waals surface area (Å²) in [5.74, 6) is 1.57. The molecular weight excluding hydrogens is 452 g/mol. The minimum absolute atomic E-state index is 0.00240. The van der Waals surface area contributed by atoms with Crippen molar-refractivity contribution >= 4 is 35.1 Å². The standard InChI is InChI=1S/C25H29ClN6O2/c1-14-10-21(33)30-23-22(14)24(29-13-28-23)31-8-9-32(20-11-19(20)31)25(34)18(12-27-17-6-7-17)15-2-4-16(26)5-3-15/h2-5,13-14,17-20,27H,6-12H2,1H3,(H,28,29,30,33)/t14-,18?,19+,20-/m1/s1. The Morgan fingerprint density at radius 3 is 2.76 bits per heavy atom. The van der Waals surface area contributed by atoms with E-state index in [-0.39, 0.29) is 35.7 Å². The first kappa shape index (κ1) is 21.8. The van der Waals surface area contributed by atoms with Crippen LogP contribution in [-0.2, 0) is 9.59 Å². The summed E-state index contributed by atoms with van der Waals surface area (Å²) in [6.45, 7) is 4.09. The molecule has 2 aliphatic carbocycles. The minimum Gasteiger partial charge on any atom is -0.349 e. The molecule has 0 radical (unpaired) electrons. The molecule has 2 aliphatic heterocycles. The summed E-state index contributed by atoms with van der Waals surface area (Å²) in [7, 11) is 0. The van der Waals surface area contributed by atoms with E-state index in [1.54, 1.807) is 0 Å². The highest BCUT2D eigenvalue weighted by molar-refractivity contribution is 6.30. The molecule has 9 heteroatoms. The lowest BCUT2D eigenvalue weighted by Crippen LogP contribution is -2.51. The lowest BCUT2D eigenvalue weighted by Gasteiger charge is -2.38. The summed E-state index contributed by atoms with van der Waals surface area (Å²) in [5, 5.41) is 7.13. The monoisotopic (exact) mass is 480 g/mol. The Morgan fingerprint density at radius 1 is 1.21 bits per heavy atom. The Hall–Kier alpha value is -2.71. The van der Waals surface area contributed by atoms with Crippen molar-refractivity contribution in [2.45, 2.75) is 62.6 Å². The largest absolute Gasteiger partial charge is 0.349 e. The second kappa shape index (κ2) is 8.50. The molecule has 2 N–H and O–H groups in total. The van der Waals surface area contributed by atoms with Crippen LogP contribution in [-0.4, -0.2) is 64.4 Å². The Kier molecular flexibility index (Phi) is 5.45. The Bertz CT molecular complexity index is 1120. The zero-order valence-electron chi connectivity index (χ0n) is 19.2. The molecular formula is C25H29ClN6O2. The number of rotatable bonds is 6. The fourth-order valence-corrected chi connectivity index (χ4v) is 5.60. The summed E-state index contributed by atoms with van der Waals surface area (Å²) in [4.78, 5) is 39.1. The van der Waals surface area contributed by atoms with Crippen LogP contribution in [0.4, 0.5) is 11.6 Å². The Balaban J connectivity index is 1.21. The second-order valence-electron chi connectivity index (χ2n) is 9.99. The smallest absolute Gasteiger partial charge is 0.231 e. The van der Waals surface area contributed by atoms with Crippen LogP contribution in [0.2, 0.25) is 5.02 Å². The molecule has 3 heterocycles. The van der Waals surface area contributed by atoms with Gasteiger partial charge in [-0.15, -0.1) is 0 Å². The molecule has 4 atom stereocenters. The number of benzene rings is 1. The third-order valence-corrected chi connectivity index (χ3v) is 7.78. The molecule has 1 aromatic carbocycles. The van der Waals surface area contributed by atoms with Gasteiger partial charge in [0.1, 0.15) is 18.0 Å². The highest BCUT2D eigenvalue weighted by Gasteiger charge is 2.52. The van der Waals surface area contributed by atoms with Crippen molar-refractivity contribution in [1.29, 1.82) is 0 Å². The highest BCUT2D eigenvalue weighted by Crippen LogP contribution is 2.44. The number of fused-ring (bicyclic) bond motifs is 2. The van der Waals surface area contributed by atoms with E-state index < -0.39 is 0 Å². The van der Waals surface area contributed by atoms with E-state index in [0.29, 0.717) is 36.4 Å². The van der Waals surface area contributed by atoms with Gasteiger partial charge in [0, 0.05) is 42.7 Å². The number of hydrogen-bond acceptors (Lipinski definition) is 6. The maximum absolute atomic E-state index is 13.8. The Morgan fingerprint density at radius 2 is 2.00 bits per heavy atom. The number of carbonyl (C=O) groups is 2. The third kappa shape index (κ3) is 4.03. The van der Waals surface area contributed by atoms with E-state index >= 15 is 0 Å². The summed E-state index contributed by atoms with van der Waals surface area (Å²) in [6.07, 6.45) is 5.28. The number of carbonyl (C=O) groups excluding carboxylic acids is 2. The SMILES string of the molecule is C[C@@H]1CC(=O)Nc2ncnc(N3CCN(C(=O)C(CNC4CC4)c4ccc(Cl)cc4)[C@@H]4C[C@@H]43)c21. The molecule has 34 heavy (non-hydrogen) atoms. The number of amides is 2. The zero-order chi connectivity index (χ0) is 23.4. The first-order chi connectivity index (χ1) is 16.5. The van der Waals surface area contributed by atoms with Crippen LogP contribution < -0.4 is 15.5 Å². The minimum atomic E-state index is -0.215. The van der Waals surface area contributed by atoms with Crippen molar-refractivity contribution in [3.63, 3.8) is 0 Å². The fraction of sp³-hybridized carbons (Fsp3) is 0.520. The van der Waals surface area contributed by atoms with Gasteiger partial charge in [-0.25, -0.2) is 9.97 Å². The van der Waals surface area contributed by atoms with Gasteiger partial charge in [0.2, 0.25) is 11.8 Å². The normalized spacial score (nSPS) is 26.4. The average molecular weight is 481 g/mol. The second-order valence-corrected chi connectivity index (χ2v) is 10.4. The van der Waals surface area contributed by atoms with Crippen LogP contribution >= 0.6 is 11.6 Å². The topological polar surface area (TPSA) is 90.5 Å². The lowest BCUT2D eigenvalue weighted by atomic mass is 9.94. The maximum Gasteiger partial charge on any atom is 0.231 e. The van der Waals surface area contributed by atoms with E-state index in [1.807, 2.05) is 24.3 Å². The molecule has 8 nitrogen and oxygen atoms in total. The molecule has 2 aromatic rings. The molecule has 1 unspecified atom stereocenters. The van der Waals surface area contributed by atoms with Crippen molar-refractivity contribution in [3.8, 4) is 0 Å². The van der Waals surface area contributed by atoms with Crippen molar-refractivity contribution in [1.82, 2.24) is 20.2 Å². The van der Waals surface area contributed by atoms with Gasteiger partial charge in [0.15, 0.2) is 0 Å². The van der Waals surface area contributed by atoms with E-state index in [0.717, 1.165) is 29.9 Å². The Labute approximate surface area is 204 Å². The number of aromatic nitrogens is 2. The molecule has 4 aliphatic rings. The molecule has 3 fully saturated rings. The number of nitrogens with zero attached hydrogens (tertiary/aromatic N) is 4. The van der Waals surface area contributed by atoms with E-state index in [4.69, 9.17) is 11.6 Å². The fourth-order valence-electron chi connectivity index (χ4n) is 5.47. The maximum atomic E-state index is 13.8. The van der Waals surface area contributed by atoms with Gasteiger partial charge in [0.05, 0.1) is 18.0 Å². The first-order valence-corrected chi connectivity index (χ1v) is 12.6. The number of hydrogen-bond donors (Lipinski definition) is 2. The van der Waals surface area contributed by atoms with Crippen LogP contribution in [0.1, 0.15) is 55.6 Å². The number of halogens is 1. The van der Waals surface area contributed by atoms with Gasteiger partial charge in [-0.1, -0.05) is 30.7 Å². The molecule has 2 saturated carbocycles. The molecule has 1 aromatic heterocycles. The molecule has 2 amide bonds. The molecule has 0 spiro atoms. The van der Waals surface area contributed by atoms with Crippen molar-refractivity contribution in [2.75, 3.05) is 29.9 Å². The third-order valence-electron chi connectivity index (χ3n) is 7.53. The first-order valence-electron chi connectivity index (χ1n) is 12.2. The summed E-state index contributed by atoms with van der Waals surface area (Å²) < 4.78 is 0. The summed E-state index contributed by atoms with van der Waals surface area (Å²) in [5.41, 5.74) is 2.02. The van der Waals surface area contributed by atoms with Gasteiger partial charge in [-0.2, -0.15) is 0 Å². The molecule has 1 saturated heterocycles. The highest BCUT2D eigenvalue weighted by atomic mass is 35.5. The predicted molar refractivity (Wildman–Crippen MR) is 130 cm³/mol. The van der Waals surface area contributed by atoms with E-state index in [9.17, 15) is 9.59 Å². The molecule has 178 valence electrons. The quantitative estimate of drug-likeness (QED) is 0.660. The van der Waals surface area contributed by atoms with E-state index in [1.165, 1.54) is 19.2 Å². The zero-order valence-corrected chi connectivity index (χ0v) is 20.0. The van der Waals surface area contributed by atoms with Crippen LogP contribution in [0.5, 0.6) is 0 Å². The van der Waals surface area contributed by atoms with Crippen LogP contribution in [0.3, 0.4) is 0 Å². The van der Waals surface area contributed by atoms with Crippen LogP contribution in [0.15, 0.2) is 30.6 Å². The molecule has 6 rings (SSSR count). The van der Waals surface area contributed by atoms with Crippen molar-refractivity contribution < 1.29 is 9.59 Å². The van der Waals surface area contributed by atoms with Gasteiger partial charge < -0.3 is 20.4 Å². The van der Waals surface area contributed by atoms with Crippen molar-refractivity contribution in [3.05, 3.63) is 46.7 Å². The van der Waals surface area contributed by atoms with Gasteiger partial charge >= 0.3 is 0 Å². The molecule has 0 bridgehead atoms. The van der Waals surface area contributed by atoms with Gasteiger partial charge in [-0.05, 0) is 42.9 Å². The summed E-state index contributed by atoms with van der Waals surface area (Å²) in [6, 6.07) is 8.67. The summed E-state index contributed by atoms with van der Waals surface area (Å²) >= 11 is 6.10. The van der Waals surface area contributed by atoms with Crippen LogP contribution in [0.25, 0.3) is 0 Å². The number of nitrogens with one attached hydrogen (secondary N) is 2. The van der Waals surface area contributed by atoms with Gasteiger partial charge in [-0.3, -0.25) is 9.59 Å². The predicted octanol–water partition coefficient (Wildman–Crippen LogP) is 2.90. The number of anilines is 2. The average Bonchev–Trinajstić information content (AvgIpc) is 3.73. The van der Waals surface area contributed by atoms with Crippen molar-refractivity contribution in [2.24, 2.45) is 0 Å². The number of piperazine rings is 1. The van der Waals surface area contributed by atoms with E-state index in [2.05, 4.69) is 37.3 Å². The lowest BCUT2D eigenvalue weighted by molar-refractivity contribution is -0.133. The van der Waals surface area contributed by atoms with Crippen LogP contribution in [0, 0.1) is 0 Å². The van der Waals surface area contributed by atoms with Gasteiger partial charge in [0.25, 0.3) is 0 Å².